The summed E-state index contributed by atoms with van der Waals surface area (Å²) in [5, 5.41) is 3.34. The molecule has 1 heterocycles. The standard InChI is InChI=1S/C15H19N3O/c1-10-8-13(11(2)18(10)3)9-17-14-6-4-12(5-7-14)15(16)19/h4-8,17H,9H2,1-3H3,(H2,16,19). The molecule has 100 valence electrons. The summed E-state index contributed by atoms with van der Waals surface area (Å²) in [6.07, 6.45) is 0. The Bertz CT molecular complexity index is 597. The molecule has 0 aliphatic rings. The summed E-state index contributed by atoms with van der Waals surface area (Å²) >= 11 is 0. The van der Waals surface area contributed by atoms with Crippen LogP contribution in [0.15, 0.2) is 30.3 Å². The minimum atomic E-state index is -0.402. The number of nitrogens with one attached hydrogen (secondary N) is 1. The number of aromatic nitrogens is 1. The third-order valence-corrected chi connectivity index (χ3v) is 3.53. The Hall–Kier alpha value is -2.23. The molecule has 0 fully saturated rings. The summed E-state index contributed by atoms with van der Waals surface area (Å²) < 4.78 is 2.17. The van der Waals surface area contributed by atoms with Gasteiger partial charge in [-0.05, 0) is 49.7 Å². The Labute approximate surface area is 113 Å². The second-order valence-electron chi connectivity index (χ2n) is 4.75. The van der Waals surface area contributed by atoms with Crippen LogP contribution in [0.3, 0.4) is 0 Å². The Balaban J connectivity index is 2.06. The van der Waals surface area contributed by atoms with Gasteiger partial charge in [0, 0.05) is 36.2 Å². The molecule has 0 bridgehead atoms. The highest BCUT2D eigenvalue weighted by molar-refractivity contribution is 5.93. The van der Waals surface area contributed by atoms with E-state index in [9.17, 15) is 4.79 Å². The molecule has 2 rings (SSSR count). The number of hydrogen-bond donors (Lipinski definition) is 2. The fourth-order valence-electron chi connectivity index (χ4n) is 2.06. The topological polar surface area (TPSA) is 60.0 Å². The number of nitrogens with two attached hydrogens (primary N) is 1. The monoisotopic (exact) mass is 257 g/mol. The molecule has 4 heteroatoms. The smallest absolute Gasteiger partial charge is 0.248 e. The number of hydrogen-bond acceptors (Lipinski definition) is 2. The van der Waals surface area contributed by atoms with E-state index in [1.165, 1.54) is 17.0 Å². The van der Waals surface area contributed by atoms with Crippen LogP contribution in [0.1, 0.15) is 27.3 Å². The lowest BCUT2D eigenvalue weighted by atomic mass is 10.2. The van der Waals surface area contributed by atoms with Gasteiger partial charge in [0.15, 0.2) is 0 Å². The Morgan fingerprint density at radius 2 is 1.89 bits per heavy atom. The van der Waals surface area contributed by atoms with E-state index in [1.807, 2.05) is 12.1 Å². The first-order valence-corrected chi connectivity index (χ1v) is 6.24. The molecule has 1 amide bonds. The molecule has 1 aromatic carbocycles. The van der Waals surface area contributed by atoms with Crippen LogP contribution in [0, 0.1) is 13.8 Å². The van der Waals surface area contributed by atoms with Crippen molar-refractivity contribution >= 4 is 11.6 Å². The zero-order valence-electron chi connectivity index (χ0n) is 11.5. The number of rotatable bonds is 4. The second-order valence-corrected chi connectivity index (χ2v) is 4.75. The van der Waals surface area contributed by atoms with Crippen molar-refractivity contribution in [3.05, 3.63) is 52.8 Å². The number of carbonyl (C=O) groups is 1. The summed E-state index contributed by atoms with van der Waals surface area (Å²) in [4.78, 5) is 11.0. The zero-order valence-corrected chi connectivity index (χ0v) is 11.5. The minimum Gasteiger partial charge on any atom is -0.381 e. The quantitative estimate of drug-likeness (QED) is 0.883. The van der Waals surface area contributed by atoms with Gasteiger partial charge in [-0.1, -0.05) is 0 Å². The molecule has 4 nitrogen and oxygen atoms in total. The van der Waals surface area contributed by atoms with E-state index in [4.69, 9.17) is 5.73 Å². The van der Waals surface area contributed by atoms with Crippen molar-refractivity contribution in [2.45, 2.75) is 20.4 Å². The largest absolute Gasteiger partial charge is 0.381 e. The molecule has 0 saturated heterocycles. The van der Waals surface area contributed by atoms with Crippen molar-refractivity contribution in [3.63, 3.8) is 0 Å². The molecule has 0 radical (unpaired) electrons. The maximum absolute atomic E-state index is 11.0. The average molecular weight is 257 g/mol. The Kier molecular flexibility index (Phi) is 3.60. The maximum Gasteiger partial charge on any atom is 0.248 e. The van der Waals surface area contributed by atoms with E-state index in [2.05, 4.69) is 36.8 Å². The van der Waals surface area contributed by atoms with Gasteiger partial charge in [-0.3, -0.25) is 4.79 Å². The minimum absolute atomic E-state index is 0.402. The number of benzene rings is 1. The normalized spacial score (nSPS) is 10.5. The van der Waals surface area contributed by atoms with Crippen LogP contribution in [0.25, 0.3) is 0 Å². The molecule has 0 aliphatic heterocycles. The van der Waals surface area contributed by atoms with E-state index >= 15 is 0 Å². The molecule has 0 atom stereocenters. The van der Waals surface area contributed by atoms with Gasteiger partial charge in [0.05, 0.1) is 0 Å². The highest BCUT2D eigenvalue weighted by Gasteiger charge is 2.06. The van der Waals surface area contributed by atoms with E-state index < -0.39 is 5.91 Å². The van der Waals surface area contributed by atoms with Gasteiger partial charge in [0.1, 0.15) is 0 Å². The summed E-state index contributed by atoms with van der Waals surface area (Å²) in [5.41, 5.74) is 10.5. The molecule has 0 unspecified atom stereocenters. The molecule has 1 aromatic heterocycles. The maximum atomic E-state index is 11.0. The van der Waals surface area contributed by atoms with Crippen LogP contribution in [0.5, 0.6) is 0 Å². The van der Waals surface area contributed by atoms with Gasteiger partial charge < -0.3 is 15.6 Å². The molecule has 0 spiro atoms. The van der Waals surface area contributed by atoms with Crippen LogP contribution < -0.4 is 11.1 Å². The van der Waals surface area contributed by atoms with Gasteiger partial charge in [-0.15, -0.1) is 0 Å². The number of aryl methyl sites for hydroxylation is 1. The first-order chi connectivity index (χ1) is 8.99. The summed E-state index contributed by atoms with van der Waals surface area (Å²) in [5.74, 6) is -0.402. The lowest BCUT2D eigenvalue weighted by molar-refractivity contribution is 0.100. The van der Waals surface area contributed by atoms with Crippen LogP contribution in [-0.4, -0.2) is 10.5 Å². The van der Waals surface area contributed by atoms with Crippen molar-refractivity contribution < 1.29 is 4.79 Å². The average Bonchev–Trinajstić information content (AvgIpc) is 2.64. The molecule has 0 saturated carbocycles. The first kappa shape index (κ1) is 13.2. The molecule has 2 aromatic rings. The fourth-order valence-corrected chi connectivity index (χ4v) is 2.06. The first-order valence-electron chi connectivity index (χ1n) is 6.24. The van der Waals surface area contributed by atoms with Gasteiger partial charge in [0.2, 0.25) is 5.91 Å². The molecule has 0 aliphatic carbocycles. The van der Waals surface area contributed by atoms with Gasteiger partial charge in [-0.2, -0.15) is 0 Å². The number of primary amides is 1. The summed E-state index contributed by atoms with van der Waals surface area (Å²) in [6.45, 7) is 4.97. The number of anilines is 1. The van der Waals surface area contributed by atoms with Crippen molar-refractivity contribution in [1.29, 1.82) is 0 Å². The molecule has 3 N–H and O–H groups in total. The SMILES string of the molecule is Cc1cc(CNc2ccc(C(N)=O)cc2)c(C)n1C. The van der Waals surface area contributed by atoms with Crippen molar-refractivity contribution in [1.82, 2.24) is 4.57 Å². The van der Waals surface area contributed by atoms with E-state index in [0.29, 0.717) is 5.56 Å². The number of nitrogens with zero attached hydrogens (tertiary/aromatic N) is 1. The fraction of sp³-hybridized carbons (Fsp3) is 0.267. The van der Waals surface area contributed by atoms with Crippen LogP contribution in [0.4, 0.5) is 5.69 Å². The van der Waals surface area contributed by atoms with Gasteiger partial charge in [-0.25, -0.2) is 0 Å². The second kappa shape index (κ2) is 5.18. The van der Waals surface area contributed by atoms with Gasteiger partial charge >= 0.3 is 0 Å². The predicted molar refractivity (Wildman–Crippen MR) is 77.2 cm³/mol. The van der Waals surface area contributed by atoms with Crippen molar-refractivity contribution in [2.75, 3.05) is 5.32 Å². The molecular formula is C15H19N3O. The lowest BCUT2D eigenvalue weighted by Crippen LogP contribution is -2.10. The van der Waals surface area contributed by atoms with Gasteiger partial charge in [0.25, 0.3) is 0 Å². The van der Waals surface area contributed by atoms with Crippen LogP contribution in [0.2, 0.25) is 0 Å². The van der Waals surface area contributed by atoms with Crippen LogP contribution >= 0.6 is 0 Å². The zero-order chi connectivity index (χ0) is 14.0. The number of amides is 1. The molecule has 19 heavy (non-hydrogen) atoms. The lowest BCUT2D eigenvalue weighted by Gasteiger charge is -2.07. The van der Waals surface area contributed by atoms with Crippen molar-refractivity contribution in [2.24, 2.45) is 12.8 Å². The van der Waals surface area contributed by atoms with E-state index in [1.54, 1.807) is 12.1 Å². The summed E-state index contributed by atoms with van der Waals surface area (Å²) in [7, 11) is 2.07. The Morgan fingerprint density at radius 1 is 1.26 bits per heavy atom. The predicted octanol–water partition coefficient (Wildman–Crippen LogP) is 2.35. The molecular weight excluding hydrogens is 238 g/mol. The van der Waals surface area contributed by atoms with E-state index in [0.717, 1.165) is 12.2 Å². The third kappa shape index (κ3) is 2.78. The van der Waals surface area contributed by atoms with Crippen LogP contribution in [-0.2, 0) is 13.6 Å². The third-order valence-electron chi connectivity index (χ3n) is 3.53. The number of carbonyl (C=O) groups excluding carboxylic acids is 1. The summed E-state index contributed by atoms with van der Waals surface area (Å²) in [6, 6.07) is 9.37. The highest BCUT2D eigenvalue weighted by atomic mass is 16.1. The highest BCUT2D eigenvalue weighted by Crippen LogP contribution is 2.16. The van der Waals surface area contributed by atoms with E-state index in [-0.39, 0.29) is 0 Å². The Morgan fingerprint density at radius 3 is 2.37 bits per heavy atom. The van der Waals surface area contributed by atoms with Crippen molar-refractivity contribution in [3.8, 4) is 0 Å².